The van der Waals surface area contributed by atoms with Crippen molar-refractivity contribution >= 4 is 5.69 Å². The van der Waals surface area contributed by atoms with Crippen molar-refractivity contribution in [3.8, 4) is 0 Å². The van der Waals surface area contributed by atoms with Gasteiger partial charge in [0.05, 0.1) is 6.54 Å². The van der Waals surface area contributed by atoms with Gasteiger partial charge < -0.3 is 19.5 Å². The first-order valence-corrected chi connectivity index (χ1v) is 9.06. The van der Waals surface area contributed by atoms with Crippen LogP contribution in [0.15, 0.2) is 22.7 Å². The first-order chi connectivity index (χ1) is 12.7. The molecule has 3 heterocycles. The van der Waals surface area contributed by atoms with Crippen LogP contribution in [0.2, 0.25) is 0 Å². The van der Waals surface area contributed by atoms with Crippen LogP contribution in [0, 0.1) is 11.6 Å². The summed E-state index contributed by atoms with van der Waals surface area (Å²) in [6, 6.07) is 4.39. The number of hydrogen-bond donors (Lipinski definition) is 1. The minimum absolute atomic E-state index is 0.0596. The summed E-state index contributed by atoms with van der Waals surface area (Å²) in [5.74, 6) is -0.416. The van der Waals surface area contributed by atoms with Gasteiger partial charge in [0.25, 0.3) is 5.89 Å². The van der Waals surface area contributed by atoms with E-state index in [2.05, 4.69) is 20.4 Å². The van der Waals surface area contributed by atoms with E-state index in [1.807, 2.05) is 0 Å². The first-order valence-electron chi connectivity index (χ1n) is 9.06. The maximum absolute atomic E-state index is 13.4. The Morgan fingerprint density at radius 2 is 2.00 bits per heavy atom. The Hall–Kier alpha value is -2.06. The molecular weight excluding hydrogens is 342 g/mol. The van der Waals surface area contributed by atoms with Gasteiger partial charge in [0.2, 0.25) is 0 Å². The summed E-state index contributed by atoms with van der Waals surface area (Å²) < 4.78 is 37.3. The summed E-state index contributed by atoms with van der Waals surface area (Å²) in [6.45, 7) is 2.87. The third kappa shape index (κ3) is 3.86. The van der Waals surface area contributed by atoms with Crippen molar-refractivity contribution in [2.45, 2.75) is 44.4 Å². The van der Waals surface area contributed by atoms with Crippen molar-refractivity contribution in [1.29, 1.82) is 0 Å². The van der Waals surface area contributed by atoms with Crippen LogP contribution in [-0.4, -0.2) is 35.9 Å². The van der Waals surface area contributed by atoms with Gasteiger partial charge in [-0.3, -0.25) is 0 Å². The summed E-state index contributed by atoms with van der Waals surface area (Å²) in [4.78, 5) is 6.48. The predicted molar refractivity (Wildman–Crippen MR) is 90.7 cm³/mol. The highest BCUT2D eigenvalue weighted by molar-refractivity contribution is 5.47. The minimum Gasteiger partial charge on any atom is -0.371 e. The number of benzene rings is 1. The molecule has 1 N–H and O–H groups in total. The van der Waals surface area contributed by atoms with Crippen LogP contribution in [0.5, 0.6) is 0 Å². The van der Waals surface area contributed by atoms with E-state index in [4.69, 9.17) is 9.26 Å². The average Bonchev–Trinajstić information content (AvgIpc) is 3.34. The molecule has 26 heavy (non-hydrogen) atoms. The number of rotatable bonds is 5. The lowest BCUT2D eigenvalue weighted by molar-refractivity contribution is 0.0835. The van der Waals surface area contributed by atoms with E-state index < -0.39 is 11.6 Å². The van der Waals surface area contributed by atoms with E-state index in [-0.39, 0.29) is 6.10 Å². The molecular formula is C18H22F2N4O2. The lowest BCUT2D eigenvalue weighted by Gasteiger charge is -2.34. The van der Waals surface area contributed by atoms with Crippen LogP contribution in [0.1, 0.15) is 43.5 Å². The Morgan fingerprint density at radius 3 is 2.73 bits per heavy atom. The summed E-state index contributed by atoms with van der Waals surface area (Å²) in [7, 11) is 0. The number of aromatic nitrogens is 2. The Morgan fingerprint density at radius 1 is 1.15 bits per heavy atom. The second kappa shape index (κ2) is 7.67. The molecule has 4 rings (SSSR count). The van der Waals surface area contributed by atoms with Crippen LogP contribution >= 0.6 is 0 Å². The molecule has 0 bridgehead atoms. The number of nitrogens with one attached hydrogen (secondary N) is 1. The molecule has 6 nitrogen and oxygen atoms in total. The van der Waals surface area contributed by atoms with Gasteiger partial charge in [-0.25, -0.2) is 8.78 Å². The number of piperidine rings is 1. The van der Waals surface area contributed by atoms with Gasteiger partial charge in [0, 0.05) is 37.5 Å². The van der Waals surface area contributed by atoms with Gasteiger partial charge in [-0.1, -0.05) is 5.16 Å². The molecule has 8 heteroatoms. The quantitative estimate of drug-likeness (QED) is 0.880. The largest absolute Gasteiger partial charge is 0.371 e. The molecule has 2 fully saturated rings. The van der Waals surface area contributed by atoms with Crippen molar-refractivity contribution in [3.63, 3.8) is 0 Å². The second-order valence-corrected chi connectivity index (χ2v) is 6.79. The molecule has 0 saturated carbocycles. The molecule has 2 saturated heterocycles. The highest BCUT2D eigenvalue weighted by atomic mass is 19.2. The van der Waals surface area contributed by atoms with Gasteiger partial charge in [-0.2, -0.15) is 4.98 Å². The van der Waals surface area contributed by atoms with Crippen molar-refractivity contribution < 1.29 is 18.0 Å². The molecule has 0 amide bonds. The lowest BCUT2D eigenvalue weighted by Crippen LogP contribution is -2.42. The predicted octanol–water partition coefficient (Wildman–Crippen LogP) is 2.96. The third-order valence-electron chi connectivity index (χ3n) is 5.00. The maximum atomic E-state index is 13.4. The third-order valence-corrected chi connectivity index (χ3v) is 5.00. The zero-order chi connectivity index (χ0) is 17.9. The van der Waals surface area contributed by atoms with Crippen molar-refractivity contribution in [2.75, 3.05) is 24.6 Å². The fourth-order valence-electron chi connectivity index (χ4n) is 3.50. The highest BCUT2D eigenvalue weighted by Gasteiger charge is 2.24. The zero-order valence-corrected chi connectivity index (χ0v) is 14.5. The fourth-order valence-corrected chi connectivity index (χ4v) is 3.50. The monoisotopic (exact) mass is 364 g/mol. The SMILES string of the molecule is Fc1ccc(N2CCC(NCc3noc(C4CCCO4)n3)CC2)cc1F. The molecule has 1 atom stereocenters. The van der Waals surface area contributed by atoms with Crippen molar-refractivity contribution in [3.05, 3.63) is 41.5 Å². The summed E-state index contributed by atoms with van der Waals surface area (Å²) in [5, 5.41) is 7.46. The van der Waals surface area contributed by atoms with E-state index >= 15 is 0 Å². The van der Waals surface area contributed by atoms with Crippen LogP contribution in [0.4, 0.5) is 14.5 Å². The normalized spacial score (nSPS) is 21.5. The van der Waals surface area contributed by atoms with E-state index in [0.717, 1.165) is 51.1 Å². The number of hydrogen-bond acceptors (Lipinski definition) is 6. The zero-order valence-electron chi connectivity index (χ0n) is 14.5. The number of nitrogens with zero attached hydrogens (tertiary/aromatic N) is 3. The van der Waals surface area contributed by atoms with Crippen LogP contribution in [0.3, 0.4) is 0 Å². The summed E-state index contributed by atoms with van der Waals surface area (Å²) >= 11 is 0. The molecule has 2 aliphatic rings. The fraction of sp³-hybridized carbons (Fsp3) is 0.556. The van der Waals surface area contributed by atoms with Crippen molar-refractivity contribution in [1.82, 2.24) is 15.5 Å². The van der Waals surface area contributed by atoms with Gasteiger partial charge in [0.1, 0.15) is 6.10 Å². The lowest BCUT2D eigenvalue weighted by atomic mass is 10.0. The topological polar surface area (TPSA) is 63.4 Å². The Kier molecular flexibility index (Phi) is 5.12. The Labute approximate surface area is 150 Å². The molecule has 1 unspecified atom stereocenters. The van der Waals surface area contributed by atoms with Gasteiger partial charge in [-0.05, 0) is 37.8 Å². The van der Waals surface area contributed by atoms with Crippen molar-refractivity contribution in [2.24, 2.45) is 0 Å². The van der Waals surface area contributed by atoms with Crippen LogP contribution in [0.25, 0.3) is 0 Å². The van der Waals surface area contributed by atoms with E-state index in [9.17, 15) is 8.78 Å². The number of ether oxygens (including phenoxy) is 1. The van der Waals surface area contributed by atoms with E-state index in [1.54, 1.807) is 6.07 Å². The number of halogens is 2. The molecule has 140 valence electrons. The van der Waals surface area contributed by atoms with E-state index in [0.29, 0.717) is 24.3 Å². The molecule has 0 radical (unpaired) electrons. The molecule has 0 aliphatic carbocycles. The van der Waals surface area contributed by atoms with Gasteiger partial charge >= 0.3 is 0 Å². The van der Waals surface area contributed by atoms with Gasteiger partial charge in [0.15, 0.2) is 17.5 Å². The summed E-state index contributed by atoms with van der Waals surface area (Å²) in [6.07, 6.45) is 3.72. The molecule has 2 aromatic rings. The van der Waals surface area contributed by atoms with E-state index in [1.165, 1.54) is 12.1 Å². The van der Waals surface area contributed by atoms with Crippen LogP contribution in [-0.2, 0) is 11.3 Å². The maximum Gasteiger partial charge on any atom is 0.255 e. The molecule has 1 aromatic heterocycles. The average molecular weight is 364 g/mol. The summed E-state index contributed by atoms with van der Waals surface area (Å²) in [5.41, 5.74) is 0.724. The molecule has 0 spiro atoms. The standard InChI is InChI=1S/C18H22F2N4O2/c19-14-4-3-13(10-15(14)20)24-7-5-12(6-8-24)21-11-17-22-18(26-23-17)16-2-1-9-25-16/h3-4,10,12,16,21H,1-2,5-9,11H2. The number of anilines is 1. The molecule has 1 aromatic carbocycles. The van der Waals surface area contributed by atoms with Gasteiger partial charge in [-0.15, -0.1) is 0 Å². The smallest absolute Gasteiger partial charge is 0.255 e. The minimum atomic E-state index is -0.812. The Bertz CT molecular complexity index is 741. The second-order valence-electron chi connectivity index (χ2n) is 6.79. The Balaban J connectivity index is 1.25. The first kappa shape index (κ1) is 17.4. The highest BCUT2D eigenvalue weighted by Crippen LogP contribution is 2.27. The molecule has 2 aliphatic heterocycles. The van der Waals surface area contributed by atoms with Crippen LogP contribution < -0.4 is 10.2 Å².